The Morgan fingerprint density at radius 3 is 2.75 bits per heavy atom. The molecular formula is C10H14N2O3S. The molecule has 2 heterocycles. The number of aromatic nitrogens is 1. The third kappa shape index (κ3) is 2.03. The summed E-state index contributed by atoms with van der Waals surface area (Å²) in [5, 5.41) is 0. The molecule has 0 unspecified atom stereocenters. The molecule has 0 amide bonds. The molecule has 0 aromatic carbocycles. The van der Waals surface area contributed by atoms with Crippen molar-refractivity contribution >= 4 is 15.8 Å². The molecule has 6 heteroatoms. The van der Waals surface area contributed by atoms with Gasteiger partial charge in [0.25, 0.3) is 0 Å². The zero-order valence-electron chi connectivity index (χ0n) is 9.09. The maximum absolute atomic E-state index is 11.8. The minimum absolute atomic E-state index is 0.0415. The third-order valence-electron chi connectivity index (χ3n) is 2.75. The summed E-state index contributed by atoms with van der Waals surface area (Å²) in [6, 6.07) is 3.47. The van der Waals surface area contributed by atoms with Crippen molar-refractivity contribution in [1.82, 2.24) is 8.87 Å². The van der Waals surface area contributed by atoms with E-state index in [4.69, 9.17) is 0 Å². The fourth-order valence-electron chi connectivity index (χ4n) is 1.86. The molecule has 1 aromatic heterocycles. The van der Waals surface area contributed by atoms with Crippen LogP contribution in [0.3, 0.4) is 0 Å². The first kappa shape index (κ1) is 11.3. The number of sulfonamides is 1. The van der Waals surface area contributed by atoms with Crippen molar-refractivity contribution in [2.45, 2.75) is 6.42 Å². The summed E-state index contributed by atoms with van der Waals surface area (Å²) in [6.45, 7) is 0.415. The van der Waals surface area contributed by atoms with Crippen LogP contribution in [0.5, 0.6) is 0 Å². The highest BCUT2D eigenvalue weighted by Crippen LogP contribution is 2.14. The summed E-state index contributed by atoms with van der Waals surface area (Å²) in [4.78, 5) is 11.8. The minimum atomic E-state index is -3.18. The molecule has 0 aliphatic carbocycles. The van der Waals surface area contributed by atoms with Crippen LogP contribution in [-0.2, 0) is 17.1 Å². The Labute approximate surface area is 94.7 Å². The van der Waals surface area contributed by atoms with Crippen LogP contribution in [0, 0.1) is 0 Å². The molecule has 1 saturated heterocycles. The number of rotatable bonds is 3. The lowest BCUT2D eigenvalue weighted by molar-refractivity contribution is 0.0961. The van der Waals surface area contributed by atoms with Crippen LogP contribution in [0.15, 0.2) is 18.3 Å². The van der Waals surface area contributed by atoms with E-state index >= 15 is 0 Å². The van der Waals surface area contributed by atoms with E-state index in [0.29, 0.717) is 18.7 Å². The summed E-state index contributed by atoms with van der Waals surface area (Å²) < 4.78 is 26.0. The average molecular weight is 242 g/mol. The van der Waals surface area contributed by atoms with Crippen molar-refractivity contribution in [3.05, 3.63) is 24.0 Å². The number of ketones is 1. The Hall–Kier alpha value is -1.14. The van der Waals surface area contributed by atoms with Gasteiger partial charge >= 0.3 is 0 Å². The first-order valence-electron chi connectivity index (χ1n) is 5.13. The van der Waals surface area contributed by atoms with E-state index in [2.05, 4.69) is 0 Å². The van der Waals surface area contributed by atoms with E-state index in [0.717, 1.165) is 0 Å². The first-order valence-corrected chi connectivity index (χ1v) is 6.74. The summed E-state index contributed by atoms with van der Waals surface area (Å²) in [5.41, 5.74) is 0.544. The van der Waals surface area contributed by atoms with Gasteiger partial charge < -0.3 is 4.57 Å². The predicted molar refractivity (Wildman–Crippen MR) is 59.7 cm³/mol. The van der Waals surface area contributed by atoms with Gasteiger partial charge in [0.2, 0.25) is 10.0 Å². The monoisotopic (exact) mass is 242 g/mol. The van der Waals surface area contributed by atoms with Crippen molar-refractivity contribution in [1.29, 1.82) is 0 Å². The zero-order chi connectivity index (χ0) is 11.8. The molecule has 0 atom stereocenters. The van der Waals surface area contributed by atoms with E-state index in [-0.39, 0.29) is 18.1 Å². The molecule has 1 fully saturated rings. The number of Topliss-reactive ketones (excluding diaryl/α,β-unsaturated/α-hetero) is 1. The van der Waals surface area contributed by atoms with Gasteiger partial charge in [-0.3, -0.25) is 4.79 Å². The number of carbonyl (C=O) groups is 1. The quantitative estimate of drug-likeness (QED) is 0.714. The highest BCUT2D eigenvalue weighted by Gasteiger charge is 2.30. The Kier molecular flexibility index (Phi) is 2.86. The SMILES string of the molecule is Cn1cccc1C(=O)CN1CCCS1(=O)=O. The van der Waals surface area contributed by atoms with Gasteiger partial charge in [0.15, 0.2) is 5.78 Å². The van der Waals surface area contributed by atoms with Gasteiger partial charge in [-0.2, -0.15) is 4.31 Å². The smallest absolute Gasteiger partial charge is 0.214 e. The van der Waals surface area contributed by atoms with Crippen molar-refractivity contribution in [2.24, 2.45) is 7.05 Å². The standard InChI is InChI=1S/C10H14N2O3S/c1-11-5-2-4-9(11)10(13)8-12-6-3-7-16(12,14)15/h2,4-5H,3,6-8H2,1H3. The second kappa shape index (κ2) is 4.03. The molecule has 1 aromatic rings. The van der Waals surface area contributed by atoms with E-state index < -0.39 is 10.0 Å². The topological polar surface area (TPSA) is 59.4 Å². The fourth-order valence-corrected chi connectivity index (χ4v) is 3.33. The van der Waals surface area contributed by atoms with Crippen LogP contribution in [-0.4, -0.2) is 41.9 Å². The molecule has 0 N–H and O–H groups in total. The fraction of sp³-hybridized carbons (Fsp3) is 0.500. The van der Waals surface area contributed by atoms with Gasteiger partial charge in [-0.05, 0) is 18.6 Å². The van der Waals surface area contributed by atoms with Gasteiger partial charge in [0, 0.05) is 19.8 Å². The molecule has 2 rings (SSSR count). The molecule has 0 spiro atoms. The Morgan fingerprint density at radius 1 is 1.50 bits per heavy atom. The normalized spacial score (nSPS) is 20.1. The van der Waals surface area contributed by atoms with Gasteiger partial charge in [0.1, 0.15) is 0 Å². The maximum atomic E-state index is 11.8. The highest BCUT2D eigenvalue weighted by atomic mass is 32.2. The van der Waals surface area contributed by atoms with Crippen LogP contribution in [0.25, 0.3) is 0 Å². The Balaban J connectivity index is 2.12. The van der Waals surface area contributed by atoms with E-state index in [1.807, 2.05) is 0 Å². The van der Waals surface area contributed by atoms with Gasteiger partial charge in [-0.25, -0.2) is 8.42 Å². The summed E-state index contributed by atoms with van der Waals surface area (Å²) in [5.74, 6) is 0.00548. The molecule has 1 aliphatic heterocycles. The van der Waals surface area contributed by atoms with E-state index in [1.165, 1.54) is 4.31 Å². The van der Waals surface area contributed by atoms with Crippen LogP contribution in [0.2, 0.25) is 0 Å². The predicted octanol–water partition coefficient (Wildman–Crippen LogP) is 0.243. The van der Waals surface area contributed by atoms with Crippen molar-refractivity contribution in [2.75, 3.05) is 18.8 Å². The highest BCUT2D eigenvalue weighted by molar-refractivity contribution is 7.89. The van der Waals surface area contributed by atoms with Crippen molar-refractivity contribution < 1.29 is 13.2 Å². The van der Waals surface area contributed by atoms with Gasteiger partial charge in [0.05, 0.1) is 18.0 Å². The number of hydrogen-bond acceptors (Lipinski definition) is 3. The average Bonchev–Trinajstić information content (AvgIpc) is 2.74. The number of nitrogens with zero attached hydrogens (tertiary/aromatic N) is 2. The van der Waals surface area contributed by atoms with Gasteiger partial charge in [-0.15, -0.1) is 0 Å². The van der Waals surface area contributed by atoms with E-state index in [9.17, 15) is 13.2 Å². The summed E-state index contributed by atoms with van der Waals surface area (Å²) in [6.07, 6.45) is 2.38. The summed E-state index contributed by atoms with van der Waals surface area (Å²) in [7, 11) is -1.41. The van der Waals surface area contributed by atoms with Gasteiger partial charge in [-0.1, -0.05) is 0 Å². The lowest BCUT2D eigenvalue weighted by Crippen LogP contribution is -2.32. The van der Waals surface area contributed by atoms with Crippen LogP contribution in [0.1, 0.15) is 16.9 Å². The maximum Gasteiger partial charge on any atom is 0.214 e. The second-order valence-electron chi connectivity index (χ2n) is 3.93. The molecular weight excluding hydrogens is 228 g/mol. The molecule has 0 radical (unpaired) electrons. The lowest BCUT2D eigenvalue weighted by atomic mass is 10.3. The van der Waals surface area contributed by atoms with Crippen LogP contribution < -0.4 is 0 Å². The molecule has 16 heavy (non-hydrogen) atoms. The molecule has 0 bridgehead atoms. The number of carbonyl (C=O) groups excluding carboxylic acids is 1. The molecule has 5 nitrogen and oxygen atoms in total. The van der Waals surface area contributed by atoms with Crippen LogP contribution in [0.4, 0.5) is 0 Å². The Bertz CT molecular complexity index is 504. The van der Waals surface area contributed by atoms with Crippen LogP contribution >= 0.6 is 0 Å². The molecule has 0 saturated carbocycles. The van der Waals surface area contributed by atoms with Crippen molar-refractivity contribution in [3.8, 4) is 0 Å². The summed E-state index contributed by atoms with van der Waals surface area (Å²) >= 11 is 0. The largest absolute Gasteiger partial charge is 0.348 e. The zero-order valence-corrected chi connectivity index (χ0v) is 9.90. The second-order valence-corrected chi connectivity index (χ2v) is 6.02. The van der Waals surface area contributed by atoms with Crippen molar-refractivity contribution in [3.63, 3.8) is 0 Å². The Morgan fingerprint density at radius 2 is 2.25 bits per heavy atom. The van der Waals surface area contributed by atoms with E-state index in [1.54, 1.807) is 29.9 Å². The minimum Gasteiger partial charge on any atom is -0.348 e. The third-order valence-corrected chi connectivity index (χ3v) is 4.66. The lowest BCUT2D eigenvalue weighted by Gasteiger charge is -2.13. The molecule has 1 aliphatic rings. The molecule has 88 valence electrons. The number of aryl methyl sites for hydroxylation is 1. The first-order chi connectivity index (χ1) is 7.50. The number of hydrogen-bond donors (Lipinski definition) is 0.